The Morgan fingerprint density at radius 2 is 1.28 bits per heavy atom. The number of esters is 1. The van der Waals surface area contributed by atoms with E-state index in [2.05, 4.69) is 16.0 Å². The normalized spacial score (nSPS) is 9.87. The third-order valence-corrected chi connectivity index (χ3v) is 5.78. The number of halogens is 2. The number of rotatable bonds is 6. The fourth-order valence-electron chi connectivity index (χ4n) is 3.58. The molecule has 39 heavy (non-hydrogen) atoms. The maximum absolute atomic E-state index is 11.7. The molecule has 0 bridgehead atoms. The zero-order chi connectivity index (χ0) is 28.4. The number of nitriles is 2. The van der Waals surface area contributed by atoms with Crippen molar-refractivity contribution in [2.75, 3.05) is 7.11 Å². The Morgan fingerprint density at radius 3 is 1.72 bits per heavy atom. The van der Waals surface area contributed by atoms with Gasteiger partial charge in [0, 0.05) is 25.2 Å². The molecule has 0 unspecified atom stereocenters. The van der Waals surface area contributed by atoms with Gasteiger partial charge in [-0.2, -0.15) is 10.5 Å². The monoisotopic (exact) mass is 558 g/mol. The predicted octanol–water partition coefficient (Wildman–Crippen LogP) is 5.88. The maximum atomic E-state index is 11.7. The van der Waals surface area contributed by atoms with Gasteiger partial charge in [-0.15, -0.1) is 0 Å². The zero-order valence-electron chi connectivity index (χ0n) is 20.6. The van der Waals surface area contributed by atoms with Crippen LogP contribution in [0.2, 0.25) is 10.0 Å². The Kier molecular flexibility index (Phi) is 10.1. The highest BCUT2D eigenvalue weighted by Crippen LogP contribution is 2.19. The van der Waals surface area contributed by atoms with E-state index in [1.54, 1.807) is 36.4 Å². The molecule has 4 rings (SSSR count). The van der Waals surface area contributed by atoms with E-state index in [0.717, 1.165) is 11.1 Å². The van der Waals surface area contributed by atoms with E-state index in [4.69, 9.17) is 43.6 Å². The van der Waals surface area contributed by atoms with Gasteiger partial charge in [-0.25, -0.2) is 9.59 Å². The molecule has 4 aromatic rings. The Hall–Kier alpha value is -4.76. The molecule has 0 atom stereocenters. The lowest BCUT2D eigenvalue weighted by Crippen LogP contribution is -2.08. The van der Waals surface area contributed by atoms with Crippen LogP contribution in [-0.2, 0) is 17.6 Å². The molecule has 10 heteroatoms. The molecule has 0 saturated carbocycles. The van der Waals surface area contributed by atoms with Gasteiger partial charge in [-0.1, -0.05) is 47.5 Å². The Labute approximate surface area is 234 Å². The van der Waals surface area contributed by atoms with Crippen molar-refractivity contribution in [3.63, 3.8) is 0 Å². The first-order valence-corrected chi connectivity index (χ1v) is 12.1. The summed E-state index contributed by atoms with van der Waals surface area (Å²) in [5.41, 5.74) is 4.22. The minimum absolute atomic E-state index is 0.0786. The van der Waals surface area contributed by atoms with E-state index < -0.39 is 11.9 Å². The molecule has 0 saturated heterocycles. The number of carbonyl (C=O) groups is 2. The number of nitrogens with zero attached hydrogens (tertiary/aromatic N) is 4. The number of pyridine rings is 2. The summed E-state index contributed by atoms with van der Waals surface area (Å²) >= 11 is 11.6. The lowest BCUT2D eigenvalue weighted by molar-refractivity contribution is 0.0598. The van der Waals surface area contributed by atoms with Crippen LogP contribution >= 0.6 is 23.2 Å². The highest BCUT2D eigenvalue weighted by molar-refractivity contribution is 6.31. The minimum Gasteiger partial charge on any atom is -0.478 e. The second-order valence-electron chi connectivity index (χ2n) is 8.07. The molecule has 0 aliphatic rings. The second kappa shape index (κ2) is 13.7. The number of methoxy groups -OCH3 is 1. The number of hydrogen-bond donors (Lipinski definition) is 1. The average molecular weight is 559 g/mol. The lowest BCUT2D eigenvalue weighted by atomic mass is 10.0. The third-order valence-electron chi connectivity index (χ3n) is 5.36. The summed E-state index contributed by atoms with van der Waals surface area (Å²) in [6.45, 7) is 0. The second-order valence-corrected chi connectivity index (χ2v) is 8.94. The quantitative estimate of drug-likeness (QED) is 0.289. The van der Waals surface area contributed by atoms with Gasteiger partial charge in [0.1, 0.15) is 0 Å². The molecule has 0 spiro atoms. The largest absolute Gasteiger partial charge is 0.478 e. The minimum atomic E-state index is -1.07. The van der Waals surface area contributed by atoms with E-state index in [0.29, 0.717) is 45.9 Å². The fourth-order valence-corrected chi connectivity index (χ4v) is 3.89. The molecule has 0 radical (unpaired) electrons. The van der Waals surface area contributed by atoms with Crippen molar-refractivity contribution in [3.05, 3.63) is 128 Å². The molecule has 194 valence electrons. The van der Waals surface area contributed by atoms with Gasteiger partial charge in [0.15, 0.2) is 0 Å². The number of ether oxygens (including phenoxy) is 1. The van der Waals surface area contributed by atoms with Gasteiger partial charge >= 0.3 is 11.9 Å². The van der Waals surface area contributed by atoms with Crippen molar-refractivity contribution in [1.82, 2.24) is 9.97 Å². The van der Waals surface area contributed by atoms with Crippen molar-refractivity contribution >= 4 is 35.1 Å². The van der Waals surface area contributed by atoms with E-state index >= 15 is 0 Å². The van der Waals surface area contributed by atoms with E-state index in [9.17, 15) is 9.59 Å². The van der Waals surface area contributed by atoms with Crippen molar-refractivity contribution in [2.45, 2.75) is 12.8 Å². The summed E-state index contributed by atoms with van der Waals surface area (Å²) in [7, 11) is 1.31. The number of hydrogen-bond acceptors (Lipinski definition) is 7. The highest BCUT2D eigenvalue weighted by Gasteiger charge is 2.15. The topological polar surface area (TPSA) is 137 Å². The van der Waals surface area contributed by atoms with Crippen LogP contribution < -0.4 is 0 Å². The first-order valence-electron chi connectivity index (χ1n) is 11.3. The van der Waals surface area contributed by atoms with Gasteiger partial charge in [-0.05, 0) is 47.5 Å². The van der Waals surface area contributed by atoms with E-state index in [1.807, 2.05) is 18.2 Å². The Morgan fingerprint density at radius 1 is 0.821 bits per heavy atom. The fraction of sp³-hybridized carbons (Fsp3) is 0.103. The summed E-state index contributed by atoms with van der Waals surface area (Å²) in [5, 5.41) is 27.5. The van der Waals surface area contributed by atoms with Gasteiger partial charge in [0.05, 0.1) is 62.9 Å². The molecular formula is C29H20Cl2N4O4. The van der Waals surface area contributed by atoms with Crippen molar-refractivity contribution in [2.24, 2.45) is 0 Å². The van der Waals surface area contributed by atoms with E-state index in [1.165, 1.54) is 31.6 Å². The van der Waals surface area contributed by atoms with Crippen LogP contribution in [0.5, 0.6) is 0 Å². The molecule has 2 heterocycles. The van der Waals surface area contributed by atoms with Crippen LogP contribution in [0.3, 0.4) is 0 Å². The summed E-state index contributed by atoms with van der Waals surface area (Å²) in [5.74, 6) is -1.55. The van der Waals surface area contributed by atoms with Gasteiger partial charge in [0.2, 0.25) is 0 Å². The predicted molar refractivity (Wildman–Crippen MR) is 145 cm³/mol. The number of aromatic nitrogens is 2. The van der Waals surface area contributed by atoms with Crippen LogP contribution in [0.25, 0.3) is 0 Å². The molecule has 0 fully saturated rings. The number of carbonyl (C=O) groups excluding carboxylic acids is 1. The number of aromatic carboxylic acids is 1. The smallest absolute Gasteiger partial charge is 0.339 e. The number of benzene rings is 2. The molecule has 0 aliphatic carbocycles. The maximum Gasteiger partial charge on any atom is 0.339 e. The summed E-state index contributed by atoms with van der Waals surface area (Å²) in [6, 6.07) is 21.2. The van der Waals surface area contributed by atoms with Gasteiger partial charge in [0.25, 0.3) is 0 Å². The summed E-state index contributed by atoms with van der Waals surface area (Å²) < 4.78 is 4.72. The molecule has 2 aromatic carbocycles. The van der Waals surface area contributed by atoms with Crippen LogP contribution in [0.4, 0.5) is 0 Å². The Balaban J connectivity index is 0.000000216. The molecule has 0 aliphatic heterocycles. The van der Waals surface area contributed by atoms with Crippen molar-refractivity contribution in [3.8, 4) is 12.1 Å². The van der Waals surface area contributed by atoms with E-state index in [-0.39, 0.29) is 10.6 Å². The van der Waals surface area contributed by atoms with Gasteiger partial charge < -0.3 is 9.84 Å². The van der Waals surface area contributed by atoms with Crippen LogP contribution in [-0.4, -0.2) is 34.1 Å². The average Bonchev–Trinajstić information content (AvgIpc) is 2.95. The first-order chi connectivity index (χ1) is 18.7. The molecule has 2 aromatic heterocycles. The number of carboxylic acids is 1. The molecule has 8 nitrogen and oxygen atoms in total. The van der Waals surface area contributed by atoms with Crippen LogP contribution in [0.1, 0.15) is 54.4 Å². The SMILES string of the molecule is COC(=O)c1cc(Cl)cnc1Cc1cccc(C#N)c1.N#Cc1cccc(Cc2ncc(Cl)cc2C(=O)O)c1. The van der Waals surface area contributed by atoms with Crippen LogP contribution in [0, 0.1) is 22.7 Å². The molecular weight excluding hydrogens is 539 g/mol. The standard InChI is InChI=1S/C15H11ClN2O2.C14H9ClN2O2/c1-20-15(19)13-7-12(16)9-18-14(13)6-10-3-2-4-11(5-10)8-17;15-11-6-12(14(18)19)13(17-8-11)5-9-2-1-3-10(4-9)7-16/h2-5,7,9H,6H2,1H3;1-4,6,8H,5H2,(H,18,19). The highest BCUT2D eigenvalue weighted by atomic mass is 35.5. The third kappa shape index (κ3) is 8.11. The van der Waals surface area contributed by atoms with Gasteiger partial charge in [-0.3, -0.25) is 9.97 Å². The first kappa shape index (κ1) is 28.8. The molecule has 1 N–H and O–H groups in total. The zero-order valence-corrected chi connectivity index (χ0v) is 22.1. The lowest BCUT2D eigenvalue weighted by Gasteiger charge is -2.07. The van der Waals surface area contributed by atoms with Crippen molar-refractivity contribution in [1.29, 1.82) is 10.5 Å². The summed E-state index contributed by atoms with van der Waals surface area (Å²) in [4.78, 5) is 31.1. The van der Waals surface area contributed by atoms with Crippen LogP contribution in [0.15, 0.2) is 73.1 Å². The van der Waals surface area contributed by atoms with Crippen molar-refractivity contribution < 1.29 is 19.4 Å². The summed E-state index contributed by atoms with van der Waals surface area (Å²) in [6.07, 6.45) is 3.67. The number of carboxylic acid groups (broad SMARTS) is 1. The molecule has 0 amide bonds. The Bertz CT molecular complexity index is 1610.